The standard InChI is InChI=1S/C20H19F3N8O3/c1-11(2)31-17(27-28-29-31)14-4-3-5-16(25-14)26-18(32)15-6-12-8-30(9-13(12)7-24-15)19(33)34-10-20(21,22)23/h3-7,11H,8-10H2,1-2H3,(H,25,26,32). The monoisotopic (exact) mass is 476 g/mol. The van der Waals surface area contributed by atoms with Gasteiger partial charge in [-0.2, -0.15) is 13.2 Å². The number of fused-ring (bicyclic) bond motifs is 1. The molecule has 0 atom stereocenters. The Balaban J connectivity index is 1.44. The van der Waals surface area contributed by atoms with E-state index in [0.29, 0.717) is 22.6 Å². The first-order valence-electron chi connectivity index (χ1n) is 10.1. The number of tetrazole rings is 1. The molecule has 0 saturated heterocycles. The molecule has 4 heterocycles. The van der Waals surface area contributed by atoms with E-state index in [9.17, 15) is 22.8 Å². The summed E-state index contributed by atoms with van der Waals surface area (Å²) in [5.74, 6) is 0.147. The maximum Gasteiger partial charge on any atom is 0.422 e. The topological polar surface area (TPSA) is 128 Å². The lowest BCUT2D eigenvalue weighted by Crippen LogP contribution is -2.30. The van der Waals surface area contributed by atoms with Gasteiger partial charge in [0.25, 0.3) is 5.91 Å². The van der Waals surface area contributed by atoms with Crippen molar-refractivity contribution in [1.29, 1.82) is 0 Å². The van der Waals surface area contributed by atoms with E-state index in [4.69, 9.17) is 0 Å². The highest BCUT2D eigenvalue weighted by Gasteiger charge is 2.32. The van der Waals surface area contributed by atoms with Crippen molar-refractivity contribution in [3.63, 3.8) is 0 Å². The van der Waals surface area contributed by atoms with Crippen LogP contribution in [0.3, 0.4) is 0 Å². The third kappa shape index (κ3) is 5.10. The molecule has 1 aliphatic heterocycles. The number of hydrogen-bond donors (Lipinski definition) is 1. The van der Waals surface area contributed by atoms with Gasteiger partial charge in [-0.15, -0.1) is 5.10 Å². The summed E-state index contributed by atoms with van der Waals surface area (Å²) in [6.07, 6.45) is -4.30. The molecule has 1 aliphatic rings. The first-order valence-corrected chi connectivity index (χ1v) is 10.1. The van der Waals surface area contributed by atoms with Crippen LogP contribution in [-0.4, -0.2) is 59.9 Å². The Hall–Kier alpha value is -4.10. The van der Waals surface area contributed by atoms with Gasteiger partial charge in [0.2, 0.25) is 5.82 Å². The molecule has 2 amide bonds. The Morgan fingerprint density at radius 1 is 1.21 bits per heavy atom. The minimum atomic E-state index is -4.61. The third-order valence-electron chi connectivity index (χ3n) is 4.86. The fraction of sp³-hybridized carbons (Fsp3) is 0.350. The number of aromatic nitrogens is 6. The smallest absolute Gasteiger partial charge is 0.422 e. The molecule has 178 valence electrons. The van der Waals surface area contributed by atoms with Gasteiger partial charge in [-0.3, -0.25) is 14.7 Å². The molecule has 0 saturated carbocycles. The number of carbonyl (C=O) groups excluding carboxylic acids is 2. The average molecular weight is 476 g/mol. The summed E-state index contributed by atoms with van der Waals surface area (Å²) in [5.41, 5.74) is 1.72. The molecule has 3 aromatic heterocycles. The quantitative estimate of drug-likeness (QED) is 0.595. The molecule has 4 rings (SSSR count). The van der Waals surface area contributed by atoms with E-state index >= 15 is 0 Å². The summed E-state index contributed by atoms with van der Waals surface area (Å²) in [4.78, 5) is 34.2. The number of nitrogens with zero attached hydrogens (tertiary/aromatic N) is 7. The number of anilines is 1. The van der Waals surface area contributed by atoms with Gasteiger partial charge in [0.05, 0.1) is 12.6 Å². The minimum Gasteiger partial charge on any atom is -0.440 e. The van der Waals surface area contributed by atoms with Crippen molar-refractivity contribution >= 4 is 17.8 Å². The van der Waals surface area contributed by atoms with Crippen molar-refractivity contribution in [3.05, 3.63) is 47.3 Å². The third-order valence-corrected chi connectivity index (χ3v) is 4.86. The summed E-state index contributed by atoms with van der Waals surface area (Å²) in [6, 6.07) is 6.48. The van der Waals surface area contributed by atoms with E-state index in [1.807, 2.05) is 13.8 Å². The van der Waals surface area contributed by atoms with Gasteiger partial charge in [0.1, 0.15) is 17.2 Å². The Bertz CT molecular complexity index is 1230. The van der Waals surface area contributed by atoms with Crippen LogP contribution in [-0.2, 0) is 17.8 Å². The van der Waals surface area contributed by atoms with E-state index in [0.717, 1.165) is 4.90 Å². The van der Waals surface area contributed by atoms with Gasteiger partial charge in [0.15, 0.2) is 6.61 Å². The molecular formula is C20H19F3N8O3. The molecule has 14 heteroatoms. The molecule has 0 bridgehead atoms. The number of pyridine rings is 2. The van der Waals surface area contributed by atoms with Crippen LogP contribution in [0.2, 0.25) is 0 Å². The van der Waals surface area contributed by atoms with Gasteiger partial charge in [-0.05, 0) is 53.6 Å². The highest BCUT2D eigenvalue weighted by atomic mass is 19.4. The molecule has 0 fully saturated rings. The van der Waals surface area contributed by atoms with Gasteiger partial charge < -0.3 is 10.1 Å². The summed E-state index contributed by atoms with van der Waals surface area (Å²) < 4.78 is 42.7. The molecule has 11 nitrogen and oxygen atoms in total. The number of alkyl halides is 3. The summed E-state index contributed by atoms with van der Waals surface area (Å²) in [6.45, 7) is 2.21. The van der Waals surface area contributed by atoms with Crippen LogP contribution >= 0.6 is 0 Å². The molecule has 0 spiro atoms. The Morgan fingerprint density at radius 2 is 1.97 bits per heavy atom. The van der Waals surface area contributed by atoms with Crippen LogP contribution in [0.1, 0.15) is 41.5 Å². The number of amides is 2. The summed E-state index contributed by atoms with van der Waals surface area (Å²) in [5, 5.41) is 14.2. The highest BCUT2D eigenvalue weighted by molar-refractivity contribution is 6.02. The lowest BCUT2D eigenvalue weighted by atomic mass is 10.1. The predicted molar refractivity (Wildman–Crippen MR) is 110 cm³/mol. The molecular weight excluding hydrogens is 457 g/mol. The van der Waals surface area contributed by atoms with Crippen molar-refractivity contribution in [1.82, 2.24) is 35.1 Å². The second-order valence-electron chi connectivity index (χ2n) is 7.77. The summed E-state index contributed by atoms with van der Waals surface area (Å²) in [7, 11) is 0. The number of nitrogens with one attached hydrogen (secondary N) is 1. The zero-order valence-electron chi connectivity index (χ0n) is 18.1. The van der Waals surface area contributed by atoms with Gasteiger partial charge >= 0.3 is 12.3 Å². The van der Waals surface area contributed by atoms with Crippen molar-refractivity contribution in [2.24, 2.45) is 0 Å². The molecule has 3 aromatic rings. The van der Waals surface area contributed by atoms with Gasteiger partial charge in [0, 0.05) is 12.7 Å². The zero-order valence-corrected chi connectivity index (χ0v) is 18.1. The maximum absolute atomic E-state index is 12.7. The van der Waals surface area contributed by atoms with E-state index in [-0.39, 0.29) is 30.6 Å². The maximum atomic E-state index is 12.7. The molecule has 0 aliphatic carbocycles. The van der Waals surface area contributed by atoms with Crippen molar-refractivity contribution in [2.45, 2.75) is 39.2 Å². The second-order valence-corrected chi connectivity index (χ2v) is 7.77. The summed E-state index contributed by atoms with van der Waals surface area (Å²) >= 11 is 0. The van der Waals surface area contributed by atoms with Crippen LogP contribution in [0.15, 0.2) is 30.5 Å². The second kappa shape index (κ2) is 9.03. The lowest BCUT2D eigenvalue weighted by molar-refractivity contribution is -0.162. The SMILES string of the molecule is CC(C)n1nnnc1-c1cccc(NC(=O)c2cc3c(cn2)CN(C(=O)OCC(F)(F)F)C3)n1. The van der Waals surface area contributed by atoms with Crippen LogP contribution in [0, 0.1) is 0 Å². The van der Waals surface area contributed by atoms with E-state index in [2.05, 4.69) is 35.5 Å². The normalized spacial score (nSPS) is 13.2. The van der Waals surface area contributed by atoms with Crippen LogP contribution in [0.5, 0.6) is 0 Å². The number of hydrogen-bond acceptors (Lipinski definition) is 8. The highest BCUT2D eigenvalue weighted by Crippen LogP contribution is 2.25. The van der Waals surface area contributed by atoms with E-state index in [1.165, 1.54) is 12.3 Å². The Labute approximate surface area is 190 Å². The fourth-order valence-corrected chi connectivity index (χ4v) is 3.29. The van der Waals surface area contributed by atoms with Crippen LogP contribution < -0.4 is 5.32 Å². The Kier molecular flexibility index (Phi) is 6.13. The molecule has 0 radical (unpaired) electrons. The minimum absolute atomic E-state index is 0.000417. The van der Waals surface area contributed by atoms with Gasteiger partial charge in [-0.25, -0.2) is 14.5 Å². The Morgan fingerprint density at radius 3 is 2.71 bits per heavy atom. The number of ether oxygens (including phenoxy) is 1. The predicted octanol–water partition coefficient (Wildman–Crippen LogP) is 2.98. The van der Waals surface area contributed by atoms with Crippen molar-refractivity contribution in [3.8, 4) is 11.5 Å². The number of halogens is 3. The fourth-order valence-electron chi connectivity index (χ4n) is 3.29. The van der Waals surface area contributed by atoms with E-state index < -0.39 is 24.8 Å². The number of carbonyl (C=O) groups is 2. The first-order chi connectivity index (χ1) is 16.1. The average Bonchev–Trinajstić information content (AvgIpc) is 3.44. The van der Waals surface area contributed by atoms with Gasteiger partial charge in [-0.1, -0.05) is 6.07 Å². The van der Waals surface area contributed by atoms with Crippen molar-refractivity contribution < 1.29 is 27.5 Å². The van der Waals surface area contributed by atoms with Crippen LogP contribution in [0.25, 0.3) is 11.5 Å². The zero-order chi connectivity index (χ0) is 24.5. The van der Waals surface area contributed by atoms with E-state index in [1.54, 1.807) is 22.9 Å². The first kappa shape index (κ1) is 23.1. The lowest BCUT2D eigenvalue weighted by Gasteiger charge is -2.16. The molecule has 0 aromatic carbocycles. The molecule has 0 unspecified atom stereocenters. The largest absolute Gasteiger partial charge is 0.440 e. The van der Waals surface area contributed by atoms with Crippen LogP contribution in [0.4, 0.5) is 23.8 Å². The molecule has 34 heavy (non-hydrogen) atoms. The number of rotatable bonds is 5. The molecule has 1 N–H and O–H groups in total. The van der Waals surface area contributed by atoms with Crippen molar-refractivity contribution in [2.75, 3.05) is 11.9 Å².